The van der Waals surface area contributed by atoms with E-state index in [9.17, 15) is 0 Å². The van der Waals surface area contributed by atoms with Crippen LogP contribution in [0.4, 0.5) is 5.82 Å². The molecule has 4 aromatic rings. The highest BCUT2D eigenvalue weighted by molar-refractivity contribution is 14.1. The van der Waals surface area contributed by atoms with Gasteiger partial charge in [0.05, 0.1) is 10.2 Å². The maximum atomic E-state index is 5.32. The highest BCUT2D eigenvalue weighted by Gasteiger charge is 2.18. The molecule has 29 heavy (non-hydrogen) atoms. The van der Waals surface area contributed by atoms with E-state index in [0.717, 1.165) is 16.6 Å². The van der Waals surface area contributed by atoms with Crippen molar-refractivity contribution in [1.82, 2.24) is 19.9 Å². The third-order valence-corrected chi connectivity index (χ3v) is 5.22. The Labute approximate surface area is 193 Å². The zero-order valence-corrected chi connectivity index (χ0v) is 18.6. The van der Waals surface area contributed by atoms with Crippen LogP contribution in [0.15, 0.2) is 84.1 Å². The average Bonchev–Trinajstić information content (AvgIpc) is 3.11. The fraction of sp³-hybridized carbons (Fsp3) is 0.0909. The van der Waals surface area contributed by atoms with E-state index in [1.165, 1.54) is 26.6 Å². The molecule has 5 rings (SSSR count). The Kier molecular flexibility index (Phi) is 9.14. The number of nitrogen functional groups attached to an aromatic ring is 1. The molecule has 0 spiro atoms. The summed E-state index contributed by atoms with van der Waals surface area (Å²) in [6.45, 7) is 0. The number of nitrogens with two attached hydrogens (primary N) is 1. The number of halogens is 2. The summed E-state index contributed by atoms with van der Waals surface area (Å²) in [7, 11) is 0. The maximum absolute atomic E-state index is 5.32. The smallest absolute Gasteiger partial charge is 0.141 e. The molecule has 0 bridgehead atoms. The number of nitrogens with zero attached hydrogens (tertiary/aromatic N) is 4. The Morgan fingerprint density at radius 3 is 2.10 bits per heavy atom. The van der Waals surface area contributed by atoms with Crippen LogP contribution in [-0.4, -0.2) is 19.9 Å². The first kappa shape index (κ1) is 22.9. The number of hydrogen-bond donors (Lipinski definition) is 1. The standard InChI is InChI=1S/C11H8N2.C6H5I.C4H4BrN3.CH4/c1-2-4-9-8(3-1)5-11-10(9)6-12-7-13-11;7-6-4-2-1-3-5-6;5-3-1-7-2-8-4(3)6;/h1-4,6-7H,5H2;1-5H;1-2H,(H2,6,7,8);1H4. The normalized spacial score (nSPS) is 10.1. The van der Waals surface area contributed by atoms with E-state index in [-0.39, 0.29) is 7.43 Å². The van der Waals surface area contributed by atoms with Crippen molar-refractivity contribution in [2.24, 2.45) is 0 Å². The van der Waals surface area contributed by atoms with Crippen molar-refractivity contribution >= 4 is 44.3 Å². The topological polar surface area (TPSA) is 77.6 Å². The van der Waals surface area contributed by atoms with Crippen LogP contribution in [0, 0.1) is 3.57 Å². The van der Waals surface area contributed by atoms with Crippen molar-refractivity contribution in [3.05, 3.63) is 98.9 Å². The van der Waals surface area contributed by atoms with Gasteiger partial charge in [-0.05, 0) is 61.8 Å². The van der Waals surface area contributed by atoms with Gasteiger partial charge in [0, 0.05) is 27.9 Å². The molecule has 2 N–H and O–H groups in total. The molecule has 1 aliphatic carbocycles. The number of aromatic nitrogens is 4. The molecule has 2 heterocycles. The number of fused-ring (bicyclic) bond motifs is 3. The molecular weight excluding hydrogens is 541 g/mol. The Morgan fingerprint density at radius 1 is 0.828 bits per heavy atom. The van der Waals surface area contributed by atoms with Crippen molar-refractivity contribution < 1.29 is 0 Å². The molecular formula is C22H21BrIN5. The zero-order valence-electron chi connectivity index (χ0n) is 14.8. The van der Waals surface area contributed by atoms with Gasteiger partial charge in [0.1, 0.15) is 18.5 Å². The molecule has 1 aliphatic rings. The van der Waals surface area contributed by atoms with Crippen LogP contribution < -0.4 is 5.73 Å². The third kappa shape index (κ3) is 6.57. The zero-order chi connectivity index (χ0) is 19.8. The van der Waals surface area contributed by atoms with E-state index in [1.54, 1.807) is 12.5 Å². The lowest BCUT2D eigenvalue weighted by atomic mass is 10.1. The van der Waals surface area contributed by atoms with Crippen LogP contribution in [0.5, 0.6) is 0 Å². The predicted octanol–water partition coefficient (Wildman–Crippen LogP) is 5.80. The SMILES string of the molecule is C.Ic1ccccc1.Nc1ncncc1Br.c1ccc2c(c1)Cc1ncncc1-2. The van der Waals surface area contributed by atoms with Crippen LogP contribution in [-0.2, 0) is 6.42 Å². The van der Waals surface area contributed by atoms with Crippen molar-refractivity contribution in [2.75, 3.05) is 5.73 Å². The van der Waals surface area contributed by atoms with Crippen molar-refractivity contribution in [2.45, 2.75) is 13.8 Å². The number of benzene rings is 2. The van der Waals surface area contributed by atoms with Gasteiger partial charge in [0.25, 0.3) is 0 Å². The number of rotatable bonds is 0. The second kappa shape index (κ2) is 11.6. The first-order valence-corrected chi connectivity index (χ1v) is 10.3. The lowest BCUT2D eigenvalue weighted by Crippen LogP contribution is -1.90. The van der Waals surface area contributed by atoms with Gasteiger partial charge in [-0.15, -0.1) is 0 Å². The Balaban J connectivity index is 0.000000164. The van der Waals surface area contributed by atoms with Crippen molar-refractivity contribution in [1.29, 1.82) is 0 Å². The van der Waals surface area contributed by atoms with Gasteiger partial charge in [0.15, 0.2) is 0 Å². The lowest BCUT2D eigenvalue weighted by Gasteiger charge is -1.96. The molecule has 0 fully saturated rings. The lowest BCUT2D eigenvalue weighted by molar-refractivity contribution is 1.07. The molecule has 0 saturated heterocycles. The molecule has 0 radical (unpaired) electrons. The third-order valence-electron chi connectivity index (χ3n) is 3.89. The Hall–Kier alpha value is -2.39. The van der Waals surface area contributed by atoms with Crippen LogP contribution >= 0.6 is 38.5 Å². The quantitative estimate of drug-likeness (QED) is 0.242. The summed E-state index contributed by atoms with van der Waals surface area (Å²) in [5.74, 6) is 0.472. The molecule has 5 nitrogen and oxygen atoms in total. The van der Waals surface area contributed by atoms with Gasteiger partial charge in [0.2, 0.25) is 0 Å². The number of anilines is 1. The summed E-state index contributed by atoms with van der Waals surface area (Å²) in [5, 5.41) is 0. The minimum atomic E-state index is 0. The first-order valence-electron chi connectivity index (χ1n) is 8.44. The molecule has 0 amide bonds. The van der Waals surface area contributed by atoms with Gasteiger partial charge < -0.3 is 5.73 Å². The molecule has 0 aliphatic heterocycles. The summed E-state index contributed by atoms with van der Waals surface area (Å²) in [4.78, 5) is 15.7. The van der Waals surface area contributed by atoms with E-state index >= 15 is 0 Å². The van der Waals surface area contributed by atoms with Crippen molar-refractivity contribution in [3.8, 4) is 11.1 Å². The summed E-state index contributed by atoms with van der Waals surface area (Å²) < 4.78 is 2.03. The van der Waals surface area contributed by atoms with Gasteiger partial charge >= 0.3 is 0 Å². The monoisotopic (exact) mass is 561 g/mol. The summed E-state index contributed by atoms with van der Waals surface area (Å²) in [6, 6.07) is 18.6. The van der Waals surface area contributed by atoms with E-state index in [0.29, 0.717) is 5.82 Å². The summed E-state index contributed by atoms with van der Waals surface area (Å²) in [5.41, 5.74) is 10.3. The summed E-state index contributed by atoms with van der Waals surface area (Å²) >= 11 is 5.42. The van der Waals surface area contributed by atoms with Crippen LogP contribution in [0.1, 0.15) is 18.7 Å². The Bertz CT molecular complexity index is 979. The van der Waals surface area contributed by atoms with Gasteiger partial charge in [-0.25, -0.2) is 19.9 Å². The van der Waals surface area contributed by atoms with E-state index < -0.39 is 0 Å². The first-order chi connectivity index (χ1) is 13.6. The van der Waals surface area contributed by atoms with Gasteiger partial charge in [-0.2, -0.15) is 0 Å². The molecule has 2 aromatic heterocycles. The van der Waals surface area contributed by atoms with Crippen molar-refractivity contribution in [3.63, 3.8) is 0 Å². The highest BCUT2D eigenvalue weighted by Crippen LogP contribution is 2.33. The molecule has 0 atom stereocenters. The van der Waals surface area contributed by atoms with Gasteiger partial charge in [-0.3, -0.25) is 0 Å². The van der Waals surface area contributed by atoms with E-state index in [4.69, 9.17) is 5.73 Å². The largest absolute Gasteiger partial charge is 0.383 e. The minimum Gasteiger partial charge on any atom is -0.383 e. The van der Waals surface area contributed by atoms with E-state index in [2.05, 4.69) is 94.9 Å². The second-order valence-corrected chi connectivity index (χ2v) is 7.87. The average molecular weight is 562 g/mol. The van der Waals surface area contributed by atoms with E-state index in [1.807, 2.05) is 24.4 Å². The molecule has 0 unspecified atom stereocenters. The number of hydrogen-bond acceptors (Lipinski definition) is 5. The maximum Gasteiger partial charge on any atom is 0.141 e. The Morgan fingerprint density at radius 2 is 1.48 bits per heavy atom. The van der Waals surface area contributed by atoms with Crippen LogP contribution in [0.2, 0.25) is 0 Å². The molecule has 0 saturated carbocycles. The molecule has 148 valence electrons. The van der Waals surface area contributed by atoms with Crippen LogP contribution in [0.25, 0.3) is 11.1 Å². The summed E-state index contributed by atoms with van der Waals surface area (Å²) in [6.07, 6.45) is 7.47. The van der Waals surface area contributed by atoms with Crippen LogP contribution in [0.3, 0.4) is 0 Å². The highest BCUT2D eigenvalue weighted by atomic mass is 127. The molecule has 7 heteroatoms. The fourth-order valence-corrected chi connectivity index (χ4v) is 3.21. The molecule has 2 aromatic carbocycles. The minimum absolute atomic E-state index is 0. The second-order valence-electron chi connectivity index (χ2n) is 5.77. The fourth-order valence-electron chi connectivity index (χ4n) is 2.58. The predicted molar refractivity (Wildman–Crippen MR) is 130 cm³/mol. The van der Waals surface area contributed by atoms with Gasteiger partial charge in [-0.1, -0.05) is 49.9 Å².